The quantitative estimate of drug-likeness (QED) is 0.334. The first-order valence-electron chi connectivity index (χ1n) is 7.90. The van der Waals surface area contributed by atoms with Gasteiger partial charge in [-0.3, -0.25) is 13.9 Å². The number of hydrogen-bond acceptors (Lipinski definition) is 7. The lowest BCUT2D eigenvalue weighted by Crippen LogP contribution is -2.49. The first-order valence-corrected chi connectivity index (χ1v) is 11.2. The van der Waals surface area contributed by atoms with Crippen LogP contribution < -0.4 is 5.32 Å². The zero-order chi connectivity index (χ0) is 21.9. The number of nitrogens with one attached hydrogen (secondary N) is 1. The lowest BCUT2D eigenvalue weighted by Gasteiger charge is -2.32. The van der Waals surface area contributed by atoms with Crippen LogP contribution in [0.2, 0.25) is 0 Å². The highest BCUT2D eigenvalue weighted by Crippen LogP contribution is 2.41. The van der Waals surface area contributed by atoms with Crippen LogP contribution in [0.25, 0.3) is 5.70 Å². The number of aliphatic imine (C=N–C) groups is 1. The topological polar surface area (TPSA) is 150 Å². The summed E-state index contributed by atoms with van der Waals surface area (Å²) >= 11 is 4.59. The van der Waals surface area contributed by atoms with Gasteiger partial charge in [0.1, 0.15) is 0 Å². The minimum absolute atomic E-state index is 0.0416. The number of nitrogens with zero attached hydrogens (tertiary/aromatic N) is 1. The summed E-state index contributed by atoms with van der Waals surface area (Å²) in [6.07, 6.45) is 2.41. The summed E-state index contributed by atoms with van der Waals surface area (Å²) in [7, 11) is -10.9. The largest absolute Gasteiger partial charge is 0.330 e. The lowest BCUT2D eigenvalue weighted by atomic mass is 9.98. The molecule has 1 aromatic carbocycles. The van der Waals surface area contributed by atoms with Crippen molar-refractivity contribution >= 4 is 49.2 Å². The maximum atomic E-state index is 12.2. The number of thiocarbonyl (C=S) groups is 1. The Balaban J connectivity index is 2.84. The molecule has 1 aliphatic carbocycles. The number of amides is 1. The first kappa shape index (κ1) is 22.8. The molecule has 29 heavy (non-hydrogen) atoms. The Bertz CT molecular complexity index is 1140. The van der Waals surface area contributed by atoms with Gasteiger partial charge in [0.15, 0.2) is 0 Å². The predicted molar refractivity (Wildman–Crippen MR) is 110 cm³/mol. The molecule has 1 aromatic rings. The Labute approximate surface area is 173 Å². The molecule has 12 heteroatoms. The van der Waals surface area contributed by atoms with Crippen molar-refractivity contribution in [2.45, 2.75) is 17.4 Å². The summed E-state index contributed by atoms with van der Waals surface area (Å²) in [4.78, 5) is 15.1. The number of isothiocyanates is 1. The molecule has 154 valence electrons. The highest BCUT2D eigenvalue weighted by atomic mass is 32.3. The predicted octanol–water partition coefficient (Wildman–Crippen LogP) is 1.95. The summed E-state index contributed by atoms with van der Waals surface area (Å²) in [6.45, 7) is 1.13. The maximum Gasteiger partial charge on any atom is 0.292 e. The second-order valence-electron chi connectivity index (χ2n) is 5.97. The Morgan fingerprint density at radius 2 is 1.76 bits per heavy atom. The molecule has 0 saturated carbocycles. The van der Waals surface area contributed by atoms with E-state index in [2.05, 4.69) is 27.7 Å². The molecule has 0 bridgehead atoms. The van der Waals surface area contributed by atoms with Crippen molar-refractivity contribution in [3.05, 3.63) is 65.4 Å². The van der Waals surface area contributed by atoms with Crippen molar-refractivity contribution in [3.8, 4) is 0 Å². The molecule has 0 aromatic heterocycles. The van der Waals surface area contributed by atoms with Crippen molar-refractivity contribution in [2.24, 2.45) is 4.99 Å². The second kappa shape index (κ2) is 8.49. The molecule has 2 rings (SSSR count). The number of carbonyl (C=O) groups excluding carboxylic acids is 1. The molecule has 0 radical (unpaired) electrons. The third-order valence-electron chi connectivity index (χ3n) is 4.02. The van der Waals surface area contributed by atoms with Gasteiger partial charge in [0.2, 0.25) is 5.91 Å². The average molecular weight is 457 g/mol. The van der Waals surface area contributed by atoms with Gasteiger partial charge in [-0.15, -0.1) is 0 Å². The van der Waals surface area contributed by atoms with Gasteiger partial charge in [0, 0.05) is 24.6 Å². The van der Waals surface area contributed by atoms with E-state index in [9.17, 15) is 30.7 Å². The Hall–Kier alpha value is -2.47. The summed E-state index contributed by atoms with van der Waals surface area (Å²) in [6, 6.07) is 8.24. The monoisotopic (exact) mass is 456 g/mol. The molecule has 1 amide bonds. The van der Waals surface area contributed by atoms with Crippen molar-refractivity contribution in [2.75, 3.05) is 0 Å². The fraction of sp³-hybridized carbons (Fsp3) is 0.176. The number of benzene rings is 1. The lowest BCUT2D eigenvalue weighted by molar-refractivity contribution is -0.118. The van der Waals surface area contributed by atoms with Crippen LogP contribution in [0.1, 0.15) is 18.9 Å². The molecule has 9 nitrogen and oxygen atoms in total. The van der Waals surface area contributed by atoms with Crippen LogP contribution in [0.3, 0.4) is 0 Å². The molecular weight excluding hydrogens is 440 g/mol. The average Bonchev–Trinajstić information content (AvgIpc) is 2.60. The maximum absolute atomic E-state index is 12.2. The van der Waals surface area contributed by atoms with Gasteiger partial charge < -0.3 is 5.32 Å². The van der Waals surface area contributed by atoms with Crippen LogP contribution >= 0.6 is 12.2 Å². The van der Waals surface area contributed by atoms with Crippen molar-refractivity contribution in [3.63, 3.8) is 0 Å². The molecule has 0 saturated heterocycles. The third-order valence-corrected chi connectivity index (χ3v) is 7.81. The molecule has 0 unspecified atom stereocenters. The van der Waals surface area contributed by atoms with Crippen LogP contribution in [0, 0.1) is 0 Å². The molecule has 0 atom stereocenters. The van der Waals surface area contributed by atoms with Crippen molar-refractivity contribution < 1.29 is 30.7 Å². The molecular formula is C17H16N2O7S3. The van der Waals surface area contributed by atoms with E-state index >= 15 is 0 Å². The van der Waals surface area contributed by atoms with Crippen LogP contribution in [-0.2, 0) is 25.0 Å². The van der Waals surface area contributed by atoms with Gasteiger partial charge in [0.05, 0.1) is 10.9 Å². The van der Waals surface area contributed by atoms with Gasteiger partial charge >= 0.3 is 0 Å². The molecule has 0 aliphatic heterocycles. The van der Waals surface area contributed by atoms with Gasteiger partial charge in [-0.25, -0.2) is 0 Å². The number of hydrogen-bond donors (Lipinski definition) is 3. The van der Waals surface area contributed by atoms with Gasteiger partial charge in [-0.2, -0.15) is 21.8 Å². The number of carbonyl (C=O) groups is 1. The molecule has 3 N–H and O–H groups in total. The summed E-state index contributed by atoms with van der Waals surface area (Å²) in [5.41, 5.74) is -0.143. The highest BCUT2D eigenvalue weighted by Gasteiger charge is 2.58. The zero-order valence-electron chi connectivity index (χ0n) is 14.9. The van der Waals surface area contributed by atoms with Gasteiger partial charge in [-0.1, -0.05) is 36.4 Å². The van der Waals surface area contributed by atoms with E-state index in [4.69, 9.17) is 0 Å². The van der Waals surface area contributed by atoms with E-state index in [0.717, 1.165) is 19.1 Å². The van der Waals surface area contributed by atoms with E-state index in [-0.39, 0.29) is 11.4 Å². The standard InChI is InChI=1S/C17H16N2O7S3/c1-12(20)19-15-8-7-14(17(10-15,28(21,22)23)29(24,25)26)9-16(18-11-27)13-5-3-2-4-6-13/h2-9H,10H2,1H3,(H,19,20)(H,21,22,23)(H,24,25,26). The van der Waals surface area contributed by atoms with E-state index in [1.807, 2.05) is 0 Å². The number of allylic oxidation sites excluding steroid dienone is 4. The normalized spacial score (nSPS) is 16.9. The van der Waals surface area contributed by atoms with Crippen molar-refractivity contribution in [1.82, 2.24) is 5.32 Å². The van der Waals surface area contributed by atoms with Gasteiger partial charge in [-0.05, 0) is 29.9 Å². The molecule has 0 heterocycles. The molecule has 0 spiro atoms. The Kier molecular flexibility index (Phi) is 6.68. The third kappa shape index (κ3) is 4.75. The van der Waals surface area contributed by atoms with E-state index in [1.54, 1.807) is 30.3 Å². The minimum Gasteiger partial charge on any atom is -0.330 e. The van der Waals surface area contributed by atoms with E-state index in [0.29, 0.717) is 5.56 Å². The van der Waals surface area contributed by atoms with Crippen LogP contribution in [0.15, 0.2) is 64.8 Å². The zero-order valence-corrected chi connectivity index (χ0v) is 17.4. The Morgan fingerprint density at radius 1 is 1.17 bits per heavy atom. The van der Waals surface area contributed by atoms with Crippen molar-refractivity contribution in [1.29, 1.82) is 0 Å². The smallest absolute Gasteiger partial charge is 0.292 e. The van der Waals surface area contributed by atoms with Crippen LogP contribution in [0.4, 0.5) is 0 Å². The van der Waals surface area contributed by atoms with E-state index in [1.165, 1.54) is 6.08 Å². The highest BCUT2D eigenvalue weighted by molar-refractivity contribution is 8.05. The number of rotatable bonds is 6. The fourth-order valence-electron chi connectivity index (χ4n) is 2.80. The van der Waals surface area contributed by atoms with Crippen LogP contribution in [-0.4, -0.2) is 41.1 Å². The summed E-state index contributed by atoms with van der Waals surface area (Å²) in [5.74, 6) is -0.599. The SMILES string of the molecule is CC(=O)NC1=CC=C(C=C(N=C=S)c2ccccc2)C(S(=O)(=O)O)(S(=O)(=O)O)C1. The first-order chi connectivity index (χ1) is 13.4. The molecule has 1 aliphatic rings. The molecule has 0 fully saturated rings. The summed E-state index contributed by atoms with van der Waals surface area (Å²) in [5, 5.41) is 4.38. The van der Waals surface area contributed by atoms with Gasteiger partial charge in [0.25, 0.3) is 24.3 Å². The Morgan fingerprint density at radius 3 is 2.24 bits per heavy atom. The fourth-order valence-corrected chi connectivity index (χ4v) is 5.49. The minimum atomic E-state index is -5.44. The second-order valence-corrected chi connectivity index (χ2v) is 9.71. The van der Waals surface area contributed by atoms with E-state index < -0.39 is 42.2 Å². The van der Waals surface area contributed by atoms with Crippen LogP contribution in [0.5, 0.6) is 0 Å². The summed E-state index contributed by atoms with van der Waals surface area (Å²) < 4.78 is 65.3.